The Morgan fingerprint density at radius 2 is 1.00 bits per heavy atom. The molecule has 0 unspecified atom stereocenters. The highest BCUT2D eigenvalue weighted by molar-refractivity contribution is 6.12. The molecule has 0 N–H and O–H groups in total. The summed E-state index contributed by atoms with van der Waals surface area (Å²) in [6, 6.07) is 50.7. The lowest BCUT2D eigenvalue weighted by Crippen LogP contribution is -2.15. The molecular weight excluding hydrogens is 685 g/mol. The molecule has 6 nitrogen and oxygen atoms in total. The molecule has 258 valence electrons. The Bertz CT molecular complexity index is 3040. The molecular formula is C50H28N6. The van der Waals surface area contributed by atoms with Gasteiger partial charge in [0, 0.05) is 32.9 Å². The van der Waals surface area contributed by atoms with Crippen LogP contribution in [0.2, 0.25) is 0 Å². The summed E-state index contributed by atoms with van der Waals surface area (Å²) in [5.41, 5.74) is 15.1. The van der Waals surface area contributed by atoms with Crippen molar-refractivity contribution in [2.45, 2.75) is 19.3 Å². The smallest absolute Gasteiger partial charge is 0.189 e. The molecule has 0 radical (unpaired) electrons. The Hall–Kier alpha value is -8.21. The number of nitrogens with zero attached hydrogens (tertiary/aromatic N) is 6. The van der Waals surface area contributed by atoms with Crippen molar-refractivity contribution in [2.24, 2.45) is 0 Å². The Balaban J connectivity index is 1.28. The van der Waals surface area contributed by atoms with Crippen LogP contribution in [-0.2, 0) is 5.41 Å². The van der Waals surface area contributed by atoms with Crippen molar-refractivity contribution in [2.75, 3.05) is 0 Å². The van der Waals surface area contributed by atoms with Gasteiger partial charge in [-0.3, -0.25) is 0 Å². The maximum Gasteiger partial charge on any atom is 0.189 e. The van der Waals surface area contributed by atoms with Crippen LogP contribution in [0.3, 0.4) is 0 Å². The Labute approximate surface area is 324 Å². The van der Waals surface area contributed by atoms with Crippen LogP contribution in [0.5, 0.6) is 0 Å². The van der Waals surface area contributed by atoms with Gasteiger partial charge in [0.25, 0.3) is 0 Å². The molecule has 0 spiro atoms. The third-order valence-corrected chi connectivity index (χ3v) is 11.0. The van der Waals surface area contributed by atoms with Crippen molar-refractivity contribution in [3.05, 3.63) is 184 Å². The molecule has 0 atom stereocenters. The Kier molecular flexibility index (Phi) is 7.64. The van der Waals surface area contributed by atoms with Gasteiger partial charge in [-0.25, -0.2) is 9.69 Å². The monoisotopic (exact) mass is 712 g/mol. The second-order valence-electron chi connectivity index (χ2n) is 14.6. The largest absolute Gasteiger partial charge is 0.309 e. The van der Waals surface area contributed by atoms with E-state index in [1.165, 1.54) is 11.1 Å². The molecule has 56 heavy (non-hydrogen) atoms. The first-order valence-electron chi connectivity index (χ1n) is 18.0. The zero-order chi connectivity index (χ0) is 38.7. The maximum absolute atomic E-state index is 9.75. The zero-order valence-corrected chi connectivity index (χ0v) is 30.4. The lowest BCUT2D eigenvalue weighted by atomic mass is 9.81. The lowest BCUT2D eigenvalue weighted by molar-refractivity contribution is 0.660. The van der Waals surface area contributed by atoms with Crippen LogP contribution in [0, 0.1) is 47.1 Å². The molecule has 1 aliphatic rings. The van der Waals surface area contributed by atoms with Crippen molar-refractivity contribution < 1.29 is 0 Å². The van der Waals surface area contributed by atoms with E-state index < -0.39 is 0 Å². The van der Waals surface area contributed by atoms with Gasteiger partial charge < -0.3 is 4.57 Å². The standard InChI is InChI=1S/C50H28N6/c1-50(2)45-21-30(27-51)9-13-41(45)42-14-10-35(26-46(42)50)40-7-5-6-8-47(40)56-48-15-11-33(36-17-31(28-52)19-38(22-36)54-3)24-43(48)44-25-34(12-16-49(44)56)37-18-32(29-53)20-39(23-37)55-4/h5-26H,1-2H3. The first kappa shape index (κ1) is 33.6. The van der Waals surface area contributed by atoms with Crippen molar-refractivity contribution in [1.82, 2.24) is 4.57 Å². The molecule has 9 rings (SSSR count). The number of benzene rings is 7. The van der Waals surface area contributed by atoms with Crippen LogP contribution < -0.4 is 0 Å². The zero-order valence-electron chi connectivity index (χ0n) is 30.4. The third kappa shape index (κ3) is 5.21. The number of fused-ring (bicyclic) bond motifs is 6. The number of nitriles is 3. The molecule has 0 bridgehead atoms. The van der Waals surface area contributed by atoms with Crippen LogP contribution in [0.25, 0.3) is 81.7 Å². The molecule has 1 heterocycles. The topological polar surface area (TPSA) is 85.0 Å². The van der Waals surface area contributed by atoms with Gasteiger partial charge in [0.15, 0.2) is 11.4 Å². The number of hydrogen-bond acceptors (Lipinski definition) is 3. The number of para-hydroxylation sites is 1. The fourth-order valence-corrected chi connectivity index (χ4v) is 8.34. The minimum absolute atomic E-state index is 0.298. The number of aromatic nitrogens is 1. The average Bonchev–Trinajstić information content (AvgIpc) is 3.69. The summed E-state index contributed by atoms with van der Waals surface area (Å²) in [6.07, 6.45) is 0. The molecule has 1 aromatic heterocycles. The van der Waals surface area contributed by atoms with Gasteiger partial charge in [-0.1, -0.05) is 62.4 Å². The van der Waals surface area contributed by atoms with Crippen molar-refractivity contribution in [1.29, 1.82) is 15.8 Å². The molecule has 0 amide bonds. The van der Waals surface area contributed by atoms with E-state index in [1.54, 1.807) is 12.1 Å². The van der Waals surface area contributed by atoms with E-state index in [0.717, 1.165) is 72.0 Å². The predicted molar refractivity (Wildman–Crippen MR) is 221 cm³/mol. The molecule has 0 fully saturated rings. The minimum atomic E-state index is -0.298. The molecule has 7 aromatic carbocycles. The Morgan fingerprint density at radius 1 is 0.482 bits per heavy atom. The molecule has 1 aliphatic carbocycles. The van der Waals surface area contributed by atoms with Gasteiger partial charge in [-0.2, -0.15) is 15.8 Å². The summed E-state index contributed by atoms with van der Waals surface area (Å²) in [5.74, 6) is 0. The second-order valence-corrected chi connectivity index (χ2v) is 14.6. The van der Waals surface area contributed by atoms with Crippen LogP contribution in [-0.4, -0.2) is 4.57 Å². The van der Waals surface area contributed by atoms with Gasteiger partial charge in [-0.15, -0.1) is 0 Å². The Morgan fingerprint density at radius 3 is 1.55 bits per heavy atom. The van der Waals surface area contributed by atoms with Crippen LogP contribution in [0.4, 0.5) is 11.4 Å². The molecule has 0 saturated carbocycles. The lowest BCUT2D eigenvalue weighted by Gasteiger charge is -2.22. The average molecular weight is 713 g/mol. The number of hydrogen-bond donors (Lipinski definition) is 0. The van der Waals surface area contributed by atoms with Crippen molar-refractivity contribution >= 4 is 33.2 Å². The van der Waals surface area contributed by atoms with E-state index in [4.69, 9.17) is 13.1 Å². The molecule has 0 aliphatic heterocycles. The molecule has 6 heteroatoms. The van der Waals surface area contributed by atoms with E-state index >= 15 is 0 Å². The SMILES string of the molecule is [C-]#[N+]c1cc(C#N)cc(-c2ccc3c(c2)c2cc(-c4cc(C#N)cc([N+]#[C-])c4)ccc2n3-c2ccccc2-c2ccc3c(c2)C(C)(C)c2cc(C#N)ccc2-3)c1. The normalized spacial score (nSPS) is 12.2. The van der Waals surface area contributed by atoms with Gasteiger partial charge in [0.2, 0.25) is 0 Å². The highest BCUT2D eigenvalue weighted by Gasteiger charge is 2.36. The van der Waals surface area contributed by atoms with Crippen LogP contribution in [0.15, 0.2) is 133 Å². The number of rotatable bonds is 4. The molecule has 8 aromatic rings. The maximum atomic E-state index is 9.75. The molecule has 0 saturated heterocycles. The van der Waals surface area contributed by atoms with Gasteiger partial charge in [-0.05, 0) is 135 Å². The van der Waals surface area contributed by atoms with E-state index in [1.807, 2.05) is 54.6 Å². The summed E-state index contributed by atoms with van der Waals surface area (Å²) < 4.78 is 2.28. The summed E-state index contributed by atoms with van der Waals surface area (Å²) >= 11 is 0. The van der Waals surface area contributed by atoms with Gasteiger partial charge >= 0.3 is 0 Å². The predicted octanol–water partition coefficient (Wildman–Crippen LogP) is 12.8. The summed E-state index contributed by atoms with van der Waals surface area (Å²) in [7, 11) is 0. The van der Waals surface area contributed by atoms with Crippen molar-refractivity contribution in [3.8, 4) is 68.4 Å². The van der Waals surface area contributed by atoms with Crippen LogP contribution in [0.1, 0.15) is 41.7 Å². The highest BCUT2D eigenvalue weighted by Crippen LogP contribution is 2.50. The fraction of sp³-hybridized carbons (Fsp3) is 0.0600. The first-order valence-corrected chi connectivity index (χ1v) is 18.0. The van der Waals surface area contributed by atoms with Crippen molar-refractivity contribution in [3.63, 3.8) is 0 Å². The minimum Gasteiger partial charge on any atom is -0.309 e. The van der Waals surface area contributed by atoms with E-state index in [-0.39, 0.29) is 5.41 Å². The summed E-state index contributed by atoms with van der Waals surface area (Å²) in [5, 5.41) is 31.1. The highest BCUT2D eigenvalue weighted by atomic mass is 15.0. The van der Waals surface area contributed by atoms with Crippen LogP contribution >= 0.6 is 0 Å². The van der Waals surface area contributed by atoms with Gasteiger partial charge in [0.05, 0.1) is 53.6 Å². The fourth-order valence-electron chi connectivity index (χ4n) is 8.34. The summed E-state index contributed by atoms with van der Waals surface area (Å²) in [6.45, 7) is 19.7. The van der Waals surface area contributed by atoms with E-state index in [0.29, 0.717) is 28.1 Å². The van der Waals surface area contributed by atoms with E-state index in [2.05, 4.69) is 113 Å². The third-order valence-electron chi connectivity index (χ3n) is 11.0. The quantitative estimate of drug-likeness (QED) is 0.170. The first-order chi connectivity index (χ1) is 27.2. The van der Waals surface area contributed by atoms with E-state index in [9.17, 15) is 15.8 Å². The second kappa shape index (κ2) is 12.7. The summed E-state index contributed by atoms with van der Waals surface area (Å²) in [4.78, 5) is 7.24. The van der Waals surface area contributed by atoms with Gasteiger partial charge in [0.1, 0.15) is 0 Å².